The minimum Gasteiger partial charge on any atom is -0.342 e. The van der Waals surface area contributed by atoms with Gasteiger partial charge in [-0.15, -0.1) is 10.2 Å². The largest absolute Gasteiger partial charge is 0.342 e. The van der Waals surface area contributed by atoms with E-state index in [9.17, 15) is 4.79 Å². The van der Waals surface area contributed by atoms with Gasteiger partial charge >= 0.3 is 0 Å². The van der Waals surface area contributed by atoms with E-state index in [2.05, 4.69) is 37.9 Å². The summed E-state index contributed by atoms with van der Waals surface area (Å²) in [6.07, 6.45) is 3.76. The van der Waals surface area contributed by atoms with Crippen LogP contribution in [0.2, 0.25) is 0 Å². The van der Waals surface area contributed by atoms with Crippen LogP contribution in [0.4, 0.5) is 0 Å². The van der Waals surface area contributed by atoms with Gasteiger partial charge in [0, 0.05) is 20.1 Å². The highest BCUT2D eigenvalue weighted by molar-refractivity contribution is 7.99. The number of carbonyl (C=O) groups excluding carboxylic acids is 1. The molecule has 0 spiro atoms. The van der Waals surface area contributed by atoms with Crippen LogP contribution < -0.4 is 0 Å². The molecule has 0 bridgehead atoms. The van der Waals surface area contributed by atoms with Crippen LogP contribution in [0.15, 0.2) is 11.5 Å². The number of hydrogen-bond acceptors (Lipinski definition) is 4. The Morgan fingerprint density at radius 1 is 1.24 bits per heavy atom. The third kappa shape index (κ3) is 6.98. The van der Waals surface area contributed by atoms with Gasteiger partial charge in [-0.2, -0.15) is 0 Å². The van der Waals surface area contributed by atoms with Crippen LogP contribution in [0.5, 0.6) is 0 Å². The summed E-state index contributed by atoms with van der Waals surface area (Å²) in [6, 6.07) is 0. The summed E-state index contributed by atoms with van der Waals surface area (Å²) in [5, 5.41) is 8.62. The van der Waals surface area contributed by atoms with E-state index >= 15 is 0 Å². The van der Waals surface area contributed by atoms with Gasteiger partial charge < -0.3 is 9.47 Å². The Kier molecular flexibility index (Phi) is 7.78. The molecule has 1 amide bonds. The molecule has 1 rings (SSSR count). The molecule has 0 aromatic carbocycles. The van der Waals surface area contributed by atoms with E-state index in [1.807, 2.05) is 16.5 Å². The minimum absolute atomic E-state index is 0.198. The van der Waals surface area contributed by atoms with Crippen molar-refractivity contribution in [2.75, 3.05) is 18.8 Å². The average Bonchev–Trinajstić information content (AvgIpc) is 2.81. The van der Waals surface area contributed by atoms with Crippen LogP contribution in [0.1, 0.15) is 40.5 Å². The molecule has 0 unspecified atom stereocenters. The van der Waals surface area contributed by atoms with Gasteiger partial charge in [-0.1, -0.05) is 39.5 Å². The quantitative estimate of drug-likeness (QED) is 0.658. The fourth-order valence-electron chi connectivity index (χ4n) is 1.81. The predicted octanol–water partition coefficient (Wildman–Crippen LogP) is 2.83. The van der Waals surface area contributed by atoms with Crippen molar-refractivity contribution in [2.24, 2.45) is 18.9 Å². The first-order valence-corrected chi connectivity index (χ1v) is 8.63. The summed E-state index contributed by atoms with van der Waals surface area (Å²) in [6.45, 7) is 10.5. The summed E-state index contributed by atoms with van der Waals surface area (Å²) in [5.74, 6) is 1.86. The van der Waals surface area contributed by atoms with E-state index in [-0.39, 0.29) is 5.91 Å². The zero-order valence-electron chi connectivity index (χ0n) is 13.9. The highest BCUT2D eigenvalue weighted by Crippen LogP contribution is 2.15. The highest BCUT2D eigenvalue weighted by atomic mass is 32.2. The number of hydrogen-bond donors (Lipinski definition) is 0. The van der Waals surface area contributed by atoms with Gasteiger partial charge in [-0.25, -0.2) is 0 Å². The van der Waals surface area contributed by atoms with Gasteiger partial charge in [0.25, 0.3) is 0 Å². The first-order chi connectivity index (χ1) is 9.90. The maximum atomic E-state index is 12.4. The molecule has 0 radical (unpaired) electrons. The van der Waals surface area contributed by atoms with Crippen molar-refractivity contribution in [1.29, 1.82) is 0 Å². The molecule has 0 fully saturated rings. The molecule has 6 heteroatoms. The molecule has 5 nitrogen and oxygen atoms in total. The fourth-order valence-corrected chi connectivity index (χ4v) is 2.60. The number of aromatic nitrogens is 3. The van der Waals surface area contributed by atoms with Crippen molar-refractivity contribution in [3.8, 4) is 0 Å². The number of amides is 1. The molecular weight excluding hydrogens is 284 g/mol. The van der Waals surface area contributed by atoms with Crippen molar-refractivity contribution in [2.45, 2.75) is 45.7 Å². The molecular formula is C15H28N4OS. The van der Waals surface area contributed by atoms with Crippen LogP contribution in [0.3, 0.4) is 0 Å². The van der Waals surface area contributed by atoms with Crippen molar-refractivity contribution >= 4 is 17.7 Å². The van der Waals surface area contributed by atoms with Crippen LogP contribution in [0.25, 0.3) is 0 Å². The normalized spacial score (nSPS) is 11.4. The third-order valence-corrected chi connectivity index (χ3v) is 4.32. The van der Waals surface area contributed by atoms with E-state index in [0.29, 0.717) is 17.6 Å². The van der Waals surface area contributed by atoms with Gasteiger partial charge in [0.2, 0.25) is 5.91 Å². The molecule has 1 heterocycles. The lowest BCUT2D eigenvalue weighted by Crippen LogP contribution is -2.35. The SMILES string of the molecule is CC(C)CCN(CCC(C)C)C(=O)CSc1nncn1C. The number of carbonyl (C=O) groups is 1. The van der Waals surface area contributed by atoms with Gasteiger partial charge in [-0.05, 0) is 24.7 Å². The van der Waals surface area contributed by atoms with Gasteiger partial charge in [-0.3, -0.25) is 4.79 Å². The van der Waals surface area contributed by atoms with Crippen molar-refractivity contribution in [3.63, 3.8) is 0 Å². The predicted molar refractivity (Wildman–Crippen MR) is 87.2 cm³/mol. The van der Waals surface area contributed by atoms with Gasteiger partial charge in [0.05, 0.1) is 5.75 Å². The van der Waals surface area contributed by atoms with Crippen molar-refractivity contribution < 1.29 is 4.79 Å². The summed E-state index contributed by atoms with van der Waals surface area (Å²) < 4.78 is 1.84. The Morgan fingerprint density at radius 3 is 2.24 bits per heavy atom. The number of aryl methyl sites for hydroxylation is 1. The molecule has 0 aliphatic heterocycles. The minimum atomic E-state index is 0.198. The first kappa shape index (κ1) is 18.0. The lowest BCUT2D eigenvalue weighted by Gasteiger charge is -2.24. The molecule has 0 N–H and O–H groups in total. The second kappa shape index (κ2) is 9.07. The van der Waals surface area contributed by atoms with Crippen molar-refractivity contribution in [3.05, 3.63) is 6.33 Å². The van der Waals surface area contributed by atoms with Crippen LogP contribution in [-0.2, 0) is 11.8 Å². The van der Waals surface area contributed by atoms with Gasteiger partial charge in [0.15, 0.2) is 5.16 Å². The Labute approximate surface area is 132 Å². The van der Waals surface area contributed by atoms with E-state index in [4.69, 9.17) is 0 Å². The Balaban J connectivity index is 2.50. The van der Waals surface area contributed by atoms with E-state index in [0.717, 1.165) is 31.1 Å². The smallest absolute Gasteiger partial charge is 0.233 e. The number of thioether (sulfide) groups is 1. The summed E-state index contributed by atoms with van der Waals surface area (Å²) >= 11 is 1.46. The first-order valence-electron chi connectivity index (χ1n) is 7.64. The highest BCUT2D eigenvalue weighted by Gasteiger charge is 2.16. The monoisotopic (exact) mass is 312 g/mol. The molecule has 0 aliphatic carbocycles. The average molecular weight is 312 g/mol. The summed E-state index contributed by atoms with van der Waals surface area (Å²) in [5.41, 5.74) is 0. The lowest BCUT2D eigenvalue weighted by atomic mass is 10.1. The molecule has 0 saturated heterocycles. The van der Waals surface area contributed by atoms with E-state index in [1.54, 1.807) is 6.33 Å². The molecule has 21 heavy (non-hydrogen) atoms. The molecule has 120 valence electrons. The summed E-state index contributed by atoms with van der Waals surface area (Å²) in [7, 11) is 1.89. The third-order valence-electron chi connectivity index (χ3n) is 3.30. The second-order valence-corrected chi connectivity index (χ2v) is 7.20. The van der Waals surface area contributed by atoms with Crippen LogP contribution in [0, 0.1) is 11.8 Å². The number of nitrogens with zero attached hydrogens (tertiary/aromatic N) is 4. The standard InChI is InChI=1S/C15H28N4OS/c1-12(2)6-8-19(9-7-13(3)4)14(20)10-21-15-17-16-11-18(15)5/h11-13H,6-10H2,1-5H3. The Hall–Kier alpha value is -1.04. The molecule has 0 atom stereocenters. The van der Waals surface area contributed by atoms with Crippen LogP contribution >= 0.6 is 11.8 Å². The number of rotatable bonds is 9. The van der Waals surface area contributed by atoms with E-state index in [1.165, 1.54) is 11.8 Å². The Morgan fingerprint density at radius 2 is 1.81 bits per heavy atom. The van der Waals surface area contributed by atoms with Gasteiger partial charge in [0.1, 0.15) is 6.33 Å². The zero-order valence-corrected chi connectivity index (χ0v) is 14.7. The molecule has 1 aromatic heterocycles. The maximum absolute atomic E-state index is 12.4. The lowest BCUT2D eigenvalue weighted by molar-refractivity contribution is -0.128. The maximum Gasteiger partial charge on any atom is 0.233 e. The molecule has 0 saturated carbocycles. The molecule has 1 aromatic rings. The Bertz CT molecular complexity index is 419. The zero-order chi connectivity index (χ0) is 15.8. The topological polar surface area (TPSA) is 51.0 Å². The fraction of sp³-hybridized carbons (Fsp3) is 0.800. The van der Waals surface area contributed by atoms with Crippen LogP contribution in [-0.4, -0.2) is 44.4 Å². The van der Waals surface area contributed by atoms with Crippen molar-refractivity contribution in [1.82, 2.24) is 19.7 Å². The second-order valence-electron chi connectivity index (χ2n) is 6.26. The molecule has 0 aliphatic rings. The van der Waals surface area contributed by atoms with E-state index < -0.39 is 0 Å². The summed E-state index contributed by atoms with van der Waals surface area (Å²) in [4.78, 5) is 14.4.